The summed E-state index contributed by atoms with van der Waals surface area (Å²) >= 11 is 0. The van der Waals surface area contributed by atoms with Crippen molar-refractivity contribution in [2.45, 2.75) is 45.6 Å². The number of ether oxygens (including phenoxy) is 1. The van der Waals surface area contributed by atoms with Gasteiger partial charge in [-0.2, -0.15) is 0 Å². The van der Waals surface area contributed by atoms with Gasteiger partial charge in [0, 0.05) is 10.9 Å². The molecule has 2 nitrogen and oxygen atoms in total. The van der Waals surface area contributed by atoms with Crippen molar-refractivity contribution in [1.82, 2.24) is 0 Å². The first-order valence-corrected chi connectivity index (χ1v) is 10.7. The third kappa shape index (κ3) is 5.06. The number of allylic oxidation sites excluding steroid dienone is 2. The van der Waals surface area contributed by atoms with Gasteiger partial charge >= 0.3 is 0 Å². The van der Waals surface area contributed by atoms with Gasteiger partial charge in [-0.3, -0.25) is 0 Å². The lowest BCUT2D eigenvalue weighted by Gasteiger charge is -2.24. The molecule has 0 amide bonds. The Kier molecular flexibility index (Phi) is 6.97. The first-order chi connectivity index (χ1) is 13.5. The maximum Gasteiger partial charge on any atom is 0.134 e. The zero-order chi connectivity index (χ0) is 20.1. The van der Waals surface area contributed by atoms with E-state index in [1.165, 1.54) is 25.7 Å². The van der Waals surface area contributed by atoms with Crippen LogP contribution in [-0.4, -0.2) is 11.2 Å². The first-order valence-electron chi connectivity index (χ1n) is 10.2. The molecule has 1 aliphatic carbocycles. The van der Waals surface area contributed by atoms with Crippen molar-refractivity contribution in [3.05, 3.63) is 60.7 Å². The largest absolute Gasteiger partial charge is 0.508 e. The van der Waals surface area contributed by atoms with E-state index in [1.54, 1.807) is 12.1 Å². The number of hydrogen-bond acceptors (Lipinski definition) is 2. The lowest BCUT2D eigenvalue weighted by atomic mass is 9.82. The number of phenols is 1. The summed E-state index contributed by atoms with van der Waals surface area (Å²) in [5.74, 6) is 2.51. The van der Waals surface area contributed by atoms with Gasteiger partial charge in [0.15, 0.2) is 0 Å². The van der Waals surface area contributed by atoms with E-state index in [1.807, 2.05) is 12.1 Å². The van der Waals surface area contributed by atoms with E-state index in [9.17, 15) is 5.11 Å². The zero-order valence-electron chi connectivity index (χ0n) is 16.9. The quantitative estimate of drug-likeness (QED) is 0.457. The highest BCUT2D eigenvalue weighted by Gasteiger charge is 2.18. The van der Waals surface area contributed by atoms with Crippen LogP contribution in [0.5, 0.6) is 11.5 Å². The van der Waals surface area contributed by atoms with Gasteiger partial charge in [0.25, 0.3) is 0 Å². The Morgan fingerprint density at radius 2 is 1.68 bits per heavy atom. The number of aromatic hydroxyl groups is 1. The Hall–Kier alpha value is -2.05. The van der Waals surface area contributed by atoms with E-state index in [0.717, 1.165) is 27.7 Å². The van der Waals surface area contributed by atoms with Crippen LogP contribution in [0.1, 0.15) is 45.1 Å². The predicted octanol–water partition coefficient (Wildman–Crippen LogP) is 6.35. The molecule has 3 rings (SSSR count). The molecule has 0 aromatic heterocycles. The molecule has 1 aliphatic rings. The highest BCUT2D eigenvalue weighted by atomic mass is 31.0. The van der Waals surface area contributed by atoms with Crippen molar-refractivity contribution in [2.75, 3.05) is 0 Å². The molecule has 2 aromatic carbocycles. The molecule has 0 radical (unpaired) electrons. The lowest BCUT2D eigenvalue weighted by molar-refractivity contribution is 0.244. The van der Waals surface area contributed by atoms with Crippen molar-refractivity contribution in [3.63, 3.8) is 0 Å². The van der Waals surface area contributed by atoms with Crippen molar-refractivity contribution in [3.8, 4) is 22.6 Å². The lowest BCUT2D eigenvalue weighted by Crippen LogP contribution is -2.14. The Balaban J connectivity index is 1.88. The summed E-state index contributed by atoms with van der Waals surface area (Å²) in [6.45, 7) is 8.05. The molecule has 0 spiro atoms. The van der Waals surface area contributed by atoms with Gasteiger partial charge in [-0.1, -0.05) is 42.5 Å². The van der Waals surface area contributed by atoms with Crippen molar-refractivity contribution in [2.24, 2.45) is 11.8 Å². The van der Waals surface area contributed by atoms with Crippen molar-refractivity contribution >= 4 is 20.6 Å². The third-order valence-electron chi connectivity index (χ3n) is 5.46. The molecule has 1 N–H and O–H groups in total. The molecule has 1 saturated carbocycles. The molecule has 2 aromatic rings. The smallest absolute Gasteiger partial charge is 0.134 e. The van der Waals surface area contributed by atoms with Crippen LogP contribution in [0.15, 0.2) is 55.1 Å². The second-order valence-corrected chi connectivity index (χ2v) is 8.51. The van der Waals surface area contributed by atoms with Gasteiger partial charge in [-0.05, 0) is 74.6 Å². The summed E-state index contributed by atoms with van der Waals surface area (Å²) in [5, 5.41) is 10.6. The van der Waals surface area contributed by atoms with Gasteiger partial charge in [0.05, 0.1) is 6.10 Å². The molecule has 0 heterocycles. The molecule has 28 heavy (non-hydrogen) atoms. The monoisotopic (exact) mass is 394 g/mol. The summed E-state index contributed by atoms with van der Waals surface area (Å²) in [6, 6.07) is 11.6. The highest BCUT2D eigenvalue weighted by molar-refractivity contribution is 7.28. The van der Waals surface area contributed by atoms with Crippen molar-refractivity contribution < 1.29 is 9.84 Å². The van der Waals surface area contributed by atoms with Crippen LogP contribution in [0.25, 0.3) is 17.2 Å². The Morgan fingerprint density at radius 1 is 1.04 bits per heavy atom. The van der Waals surface area contributed by atoms with Gasteiger partial charge in [-0.15, -0.1) is 15.8 Å². The molecule has 148 valence electrons. The Bertz CT molecular complexity index is 828. The minimum atomic E-state index is 0.101. The van der Waals surface area contributed by atoms with Crippen LogP contribution in [0, 0.1) is 11.8 Å². The normalized spacial score (nSPS) is 19.9. The van der Waals surface area contributed by atoms with Gasteiger partial charge < -0.3 is 9.84 Å². The first kappa shape index (κ1) is 20.7. The number of benzene rings is 2. The SMILES string of the molecule is C=CC1CCC(/C=C/c2ccc(-c3ccc(O)cc3)c(P)c2OC(C)C)CC1. The Morgan fingerprint density at radius 3 is 2.29 bits per heavy atom. The molecule has 0 aliphatic heterocycles. The Labute approximate surface area is 171 Å². The average Bonchev–Trinajstić information content (AvgIpc) is 2.69. The molecule has 0 bridgehead atoms. The predicted molar refractivity (Wildman–Crippen MR) is 123 cm³/mol. The van der Waals surface area contributed by atoms with E-state index < -0.39 is 0 Å². The fourth-order valence-corrected chi connectivity index (χ4v) is 4.32. The summed E-state index contributed by atoms with van der Waals surface area (Å²) in [6.07, 6.45) is 11.7. The van der Waals surface area contributed by atoms with E-state index in [0.29, 0.717) is 11.8 Å². The van der Waals surface area contributed by atoms with Crippen molar-refractivity contribution in [1.29, 1.82) is 0 Å². The standard InChI is InChI=1S/C25H31O2P/c1-4-18-5-7-19(8-6-18)9-10-21-13-16-23(20-11-14-22(26)15-12-20)25(28)24(21)27-17(2)3/h4,9-19,26H,1,5-8,28H2,2-3H3/b10-9+. The van der Waals surface area contributed by atoms with Crippen LogP contribution >= 0.6 is 9.24 Å². The van der Waals surface area contributed by atoms with Crippen LogP contribution in [-0.2, 0) is 0 Å². The molecule has 0 saturated heterocycles. The summed E-state index contributed by atoms with van der Waals surface area (Å²) in [5.41, 5.74) is 3.28. The maximum absolute atomic E-state index is 9.57. The third-order valence-corrected chi connectivity index (χ3v) is 6.03. The zero-order valence-corrected chi connectivity index (χ0v) is 18.1. The molecular formula is C25H31O2P. The van der Waals surface area contributed by atoms with E-state index in [2.05, 4.69) is 60.0 Å². The number of phenolic OH excluding ortho intramolecular Hbond substituents is 1. The average molecular weight is 394 g/mol. The van der Waals surface area contributed by atoms with E-state index >= 15 is 0 Å². The van der Waals surface area contributed by atoms with Gasteiger partial charge in [0.1, 0.15) is 11.5 Å². The highest BCUT2D eigenvalue weighted by Crippen LogP contribution is 2.33. The van der Waals surface area contributed by atoms with Gasteiger partial charge in [-0.25, -0.2) is 0 Å². The van der Waals surface area contributed by atoms with Crippen LogP contribution in [0.3, 0.4) is 0 Å². The topological polar surface area (TPSA) is 29.5 Å². The second kappa shape index (κ2) is 9.43. The minimum Gasteiger partial charge on any atom is -0.508 e. The number of hydrogen-bond donors (Lipinski definition) is 1. The van der Waals surface area contributed by atoms with E-state index in [-0.39, 0.29) is 11.9 Å². The minimum absolute atomic E-state index is 0.101. The van der Waals surface area contributed by atoms with Crippen LogP contribution in [0.2, 0.25) is 0 Å². The summed E-state index contributed by atoms with van der Waals surface area (Å²) in [7, 11) is 2.85. The fourth-order valence-electron chi connectivity index (χ4n) is 3.82. The molecule has 1 atom stereocenters. The molecular weight excluding hydrogens is 363 g/mol. The number of rotatable bonds is 6. The van der Waals surface area contributed by atoms with Crippen LogP contribution < -0.4 is 10.0 Å². The molecule has 1 unspecified atom stereocenters. The summed E-state index contributed by atoms with van der Waals surface area (Å²) in [4.78, 5) is 0. The van der Waals surface area contributed by atoms with E-state index in [4.69, 9.17) is 4.74 Å². The molecule has 1 fully saturated rings. The van der Waals surface area contributed by atoms with Gasteiger partial charge in [0.2, 0.25) is 0 Å². The molecule has 3 heteroatoms. The van der Waals surface area contributed by atoms with Crippen LogP contribution in [0.4, 0.5) is 0 Å². The fraction of sp³-hybridized carbons (Fsp3) is 0.360. The summed E-state index contributed by atoms with van der Waals surface area (Å²) < 4.78 is 6.20. The maximum atomic E-state index is 9.57. The second-order valence-electron chi connectivity index (χ2n) is 7.93.